The molecule has 0 saturated heterocycles. The highest BCUT2D eigenvalue weighted by Crippen LogP contribution is 2.28. The number of hydrogen-bond acceptors (Lipinski definition) is 10. The maximum atomic E-state index is 14.4. The van der Waals surface area contributed by atoms with Crippen LogP contribution < -0.4 is 16.0 Å². The Hall–Kier alpha value is -4.35. The number of anilines is 1. The first-order valence-corrected chi connectivity index (χ1v) is 13.7. The van der Waals surface area contributed by atoms with Crippen molar-refractivity contribution in [3.63, 3.8) is 0 Å². The number of rotatable bonds is 14. The normalized spacial score (nSPS) is 13.8. The van der Waals surface area contributed by atoms with Crippen LogP contribution in [0.5, 0.6) is 0 Å². The van der Waals surface area contributed by atoms with E-state index in [2.05, 4.69) is 37.1 Å². The second-order valence-electron chi connectivity index (χ2n) is 10.7. The molecule has 224 valence electrons. The second-order valence-corrected chi connectivity index (χ2v) is 10.7. The Morgan fingerprint density at radius 2 is 1.90 bits per heavy atom. The predicted octanol–water partition coefficient (Wildman–Crippen LogP) is 2.89. The molecule has 0 aliphatic heterocycles. The van der Waals surface area contributed by atoms with Crippen molar-refractivity contribution >= 4 is 28.7 Å². The Labute approximate surface area is 242 Å². The fourth-order valence-corrected chi connectivity index (χ4v) is 3.79. The summed E-state index contributed by atoms with van der Waals surface area (Å²) in [6, 6.07) is 5.69. The van der Waals surface area contributed by atoms with Gasteiger partial charge in [0, 0.05) is 36.4 Å². The topological polar surface area (TPSA) is 165 Å². The lowest BCUT2D eigenvalue weighted by Crippen LogP contribution is -2.34. The van der Waals surface area contributed by atoms with Gasteiger partial charge in [0.15, 0.2) is 11.5 Å². The molecular formula is C28H35FN8O5. The maximum absolute atomic E-state index is 14.4. The van der Waals surface area contributed by atoms with Crippen LogP contribution in [0, 0.1) is 11.3 Å². The van der Waals surface area contributed by atoms with Crippen LogP contribution in [-0.2, 0) is 14.2 Å². The molecule has 1 saturated carbocycles. The molecule has 0 aromatic carbocycles. The number of carbonyl (C=O) groups excluding carboxylic acids is 2. The van der Waals surface area contributed by atoms with Gasteiger partial charge in [-0.3, -0.25) is 4.79 Å². The van der Waals surface area contributed by atoms with Gasteiger partial charge in [-0.15, -0.1) is 0 Å². The number of ether oxygens (including phenoxy) is 3. The van der Waals surface area contributed by atoms with E-state index in [9.17, 15) is 14.0 Å². The van der Waals surface area contributed by atoms with Crippen LogP contribution in [0.3, 0.4) is 0 Å². The number of pyridine rings is 2. The van der Waals surface area contributed by atoms with E-state index in [-0.39, 0.29) is 51.1 Å². The molecule has 0 radical (unpaired) electrons. The van der Waals surface area contributed by atoms with E-state index in [1.807, 2.05) is 0 Å². The molecule has 1 aliphatic carbocycles. The first kappa shape index (κ1) is 30.6. The SMILES string of the molecule is CC(C)(C)OC(=O)NCCOCCOCC(F)CNC(=O)c1cnc(-n2ncc3cc(C#N)cnc32)cc1NC1CC1. The van der Waals surface area contributed by atoms with Crippen LogP contribution in [-0.4, -0.2) is 89.1 Å². The molecule has 3 N–H and O–H groups in total. The number of fused-ring (bicyclic) bond motifs is 1. The van der Waals surface area contributed by atoms with Crippen LogP contribution in [0.4, 0.5) is 14.9 Å². The molecule has 0 spiro atoms. The summed E-state index contributed by atoms with van der Waals surface area (Å²) in [5.41, 5.74) is 1.22. The summed E-state index contributed by atoms with van der Waals surface area (Å²) >= 11 is 0. The van der Waals surface area contributed by atoms with E-state index >= 15 is 0 Å². The van der Waals surface area contributed by atoms with Crippen molar-refractivity contribution in [3.05, 3.63) is 41.9 Å². The minimum atomic E-state index is -1.42. The maximum Gasteiger partial charge on any atom is 0.407 e. The molecule has 42 heavy (non-hydrogen) atoms. The molecule has 3 aromatic rings. The summed E-state index contributed by atoms with van der Waals surface area (Å²) < 4.78 is 31.7. The zero-order valence-electron chi connectivity index (χ0n) is 23.9. The Morgan fingerprint density at radius 3 is 2.64 bits per heavy atom. The summed E-state index contributed by atoms with van der Waals surface area (Å²) in [6.45, 7) is 5.81. The molecule has 1 atom stereocenters. The lowest BCUT2D eigenvalue weighted by Gasteiger charge is -2.19. The van der Waals surface area contributed by atoms with Gasteiger partial charge in [0.2, 0.25) is 0 Å². The van der Waals surface area contributed by atoms with Crippen LogP contribution in [0.15, 0.2) is 30.7 Å². The highest BCUT2D eigenvalue weighted by Gasteiger charge is 2.25. The van der Waals surface area contributed by atoms with E-state index in [4.69, 9.17) is 19.5 Å². The number of carbonyl (C=O) groups is 2. The number of nitrogens with one attached hydrogen (secondary N) is 3. The minimum Gasteiger partial charge on any atom is -0.444 e. The molecule has 0 bridgehead atoms. The largest absolute Gasteiger partial charge is 0.444 e. The van der Waals surface area contributed by atoms with Crippen molar-refractivity contribution in [3.8, 4) is 11.9 Å². The number of nitrogens with zero attached hydrogens (tertiary/aromatic N) is 5. The summed E-state index contributed by atoms with van der Waals surface area (Å²) in [7, 11) is 0. The van der Waals surface area contributed by atoms with Crippen LogP contribution in [0.2, 0.25) is 0 Å². The number of aromatic nitrogens is 4. The van der Waals surface area contributed by atoms with E-state index in [0.717, 1.165) is 12.8 Å². The summed E-state index contributed by atoms with van der Waals surface area (Å²) in [5, 5.41) is 22.7. The molecule has 1 fully saturated rings. The van der Waals surface area contributed by atoms with Gasteiger partial charge in [0.25, 0.3) is 5.91 Å². The Bertz CT molecular complexity index is 1430. The van der Waals surface area contributed by atoms with Gasteiger partial charge in [0.05, 0.1) is 56.0 Å². The first-order valence-electron chi connectivity index (χ1n) is 13.7. The molecule has 1 unspecified atom stereocenters. The van der Waals surface area contributed by atoms with Crippen molar-refractivity contribution in [2.45, 2.75) is 51.4 Å². The summed E-state index contributed by atoms with van der Waals surface area (Å²) in [4.78, 5) is 33.2. The average molecular weight is 583 g/mol. The van der Waals surface area contributed by atoms with Crippen LogP contribution in [0.1, 0.15) is 49.5 Å². The lowest BCUT2D eigenvalue weighted by molar-refractivity contribution is 0.0246. The zero-order chi connectivity index (χ0) is 30.1. The zero-order valence-corrected chi connectivity index (χ0v) is 23.9. The van der Waals surface area contributed by atoms with Gasteiger partial charge < -0.3 is 30.2 Å². The molecular weight excluding hydrogens is 547 g/mol. The number of hydrogen-bond donors (Lipinski definition) is 3. The van der Waals surface area contributed by atoms with Crippen molar-refractivity contribution < 1.29 is 28.2 Å². The molecule has 1 aliphatic rings. The highest BCUT2D eigenvalue weighted by atomic mass is 19.1. The van der Waals surface area contributed by atoms with Crippen LogP contribution in [0.25, 0.3) is 16.9 Å². The predicted molar refractivity (Wildman–Crippen MR) is 151 cm³/mol. The second kappa shape index (κ2) is 14.0. The average Bonchev–Trinajstić information content (AvgIpc) is 3.66. The van der Waals surface area contributed by atoms with Crippen molar-refractivity contribution in [1.82, 2.24) is 30.4 Å². The third kappa shape index (κ3) is 9.08. The standard InChI is InChI=1S/C28H35FN8O5/c1-28(2,3)42-27(39)31-6-7-40-8-9-41-17-20(29)15-34-26(38)22-16-32-24(11-23(22)36-21-4-5-21)37-25-19(14-35-37)10-18(12-30)13-33-25/h10-11,13-14,16,20-21H,4-9,15,17H2,1-3H3,(H,31,39)(H,32,36)(H,34,38). The molecule has 3 aromatic heterocycles. The van der Waals surface area contributed by atoms with Crippen molar-refractivity contribution in [1.29, 1.82) is 5.26 Å². The highest BCUT2D eigenvalue weighted by molar-refractivity contribution is 5.99. The first-order chi connectivity index (χ1) is 20.1. The van der Waals surface area contributed by atoms with Gasteiger partial charge in [0.1, 0.15) is 17.8 Å². The van der Waals surface area contributed by atoms with Gasteiger partial charge in [-0.1, -0.05) is 0 Å². The van der Waals surface area contributed by atoms with Gasteiger partial charge in [-0.05, 0) is 39.7 Å². The number of halogens is 1. The number of nitriles is 1. The Morgan fingerprint density at radius 1 is 1.12 bits per heavy atom. The van der Waals surface area contributed by atoms with Crippen molar-refractivity contribution in [2.75, 3.05) is 44.8 Å². The molecule has 3 heterocycles. The van der Waals surface area contributed by atoms with Gasteiger partial charge in [-0.2, -0.15) is 15.0 Å². The third-order valence-corrected chi connectivity index (χ3v) is 5.89. The van der Waals surface area contributed by atoms with Crippen LogP contribution >= 0.6 is 0 Å². The number of alkyl carbamates (subject to hydrolysis) is 1. The molecule has 4 rings (SSSR count). The van der Waals surface area contributed by atoms with E-state index in [0.29, 0.717) is 28.1 Å². The van der Waals surface area contributed by atoms with E-state index in [1.165, 1.54) is 17.1 Å². The summed E-state index contributed by atoms with van der Waals surface area (Å²) in [6.07, 6.45) is 4.50. The lowest BCUT2D eigenvalue weighted by atomic mass is 10.2. The number of amides is 2. The minimum absolute atomic E-state index is 0.163. The fourth-order valence-electron chi connectivity index (χ4n) is 3.79. The van der Waals surface area contributed by atoms with Gasteiger partial charge in [-0.25, -0.2) is 19.2 Å². The van der Waals surface area contributed by atoms with Gasteiger partial charge >= 0.3 is 6.09 Å². The number of alkyl halides is 1. The molecule has 14 heteroatoms. The van der Waals surface area contributed by atoms with Crippen molar-refractivity contribution in [2.24, 2.45) is 0 Å². The molecule has 13 nitrogen and oxygen atoms in total. The monoisotopic (exact) mass is 582 g/mol. The van der Waals surface area contributed by atoms with E-state index < -0.39 is 23.8 Å². The Kier molecular flexibility index (Phi) is 10.2. The third-order valence-electron chi connectivity index (χ3n) is 5.89. The summed E-state index contributed by atoms with van der Waals surface area (Å²) in [5.74, 6) is -0.0238. The smallest absolute Gasteiger partial charge is 0.407 e. The van der Waals surface area contributed by atoms with E-state index in [1.54, 1.807) is 39.1 Å². The fraction of sp³-hybridized carbons (Fsp3) is 0.500. The Balaban J connectivity index is 1.22. The molecule has 2 amide bonds. The quantitative estimate of drug-likeness (QED) is 0.241.